The van der Waals surface area contributed by atoms with E-state index in [1.807, 2.05) is 13.0 Å². The molecule has 0 spiro atoms. The van der Waals surface area contributed by atoms with Gasteiger partial charge < -0.3 is 20.1 Å². The number of ether oxygens (including phenoxy) is 1. The minimum absolute atomic E-state index is 0.0479. The van der Waals surface area contributed by atoms with Crippen molar-refractivity contribution in [2.24, 2.45) is 22.7 Å². The molecule has 0 aromatic carbocycles. The molecule has 0 radical (unpaired) electrons. The molecule has 0 aromatic heterocycles. The molecule has 3 saturated carbocycles. The molecule has 4 rings (SSSR count). The first-order chi connectivity index (χ1) is 14.8. The van der Waals surface area contributed by atoms with Crippen LogP contribution >= 0.6 is 0 Å². The first-order valence-corrected chi connectivity index (χ1v) is 12.0. The lowest BCUT2D eigenvalue weighted by Crippen LogP contribution is -2.75. The Kier molecular flexibility index (Phi) is 5.55. The summed E-state index contributed by atoms with van der Waals surface area (Å²) in [7, 11) is 0. The molecule has 0 heterocycles. The van der Waals surface area contributed by atoms with E-state index in [0.29, 0.717) is 44.1 Å². The lowest BCUT2D eigenvalue weighted by atomic mass is 9.43. The molecule has 4 aliphatic carbocycles. The van der Waals surface area contributed by atoms with Crippen LogP contribution in [0.2, 0.25) is 0 Å². The van der Waals surface area contributed by atoms with Crippen LogP contribution in [-0.4, -0.2) is 50.5 Å². The Labute approximate surface area is 190 Å². The molecule has 0 unspecified atom stereocenters. The summed E-state index contributed by atoms with van der Waals surface area (Å²) in [6, 6.07) is 0. The Balaban J connectivity index is 1.85. The fourth-order valence-corrected chi connectivity index (χ4v) is 7.77. The fourth-order valence-electron chi connectivity index (χ4n) is 7.77. The van der Waals surface area contributed by atoms with E-state index in [4.69, 9.17) is 4.74 Å². The molecule has 0 amide bonds. The second-order valence-corrected chi connectivity index (χ2v) is 11.2. The second kappa shape index (κ2) is 7.51. The summed E-state index contributed by atoms with van der Waals surface area (Å²) in [4.78, 5) is 25.5. The molecule has 3 fully saturated rings. The highest BCUT2D eigenvalue weighted by molar-refractivity contribution is 5.88. The van der Waals surface area contributed by atoms with E-state index in [0.717, 1.165) is 5.57 Å². The zero-order valence-electron chi connectivity index (χ0n) is 20.0. The van der Waals surface area contributed by atoms with E-state index < -0.39 is 46.1 Å². The zero-order valence-corrected chi connectivity index (χ0v) is 20.0. The van der Waals surface area contributed by atoms with Gasteiger partial charge >= 0.3 is 5.97 Å². The van der Waals surface area contributed by atoms with E-state index in [1.165, 1.54) is 6.92 Å². The number of rotatable bonds is 3. The van der Waals surface area contributed by atoms with Gasteiger partial charge in [-0.1, -0.05) is 31.6 Å². The first-order valence-electron chi connectivity index (χ1n) is 12.0. The van der Waals surface area contributed by atoms with Crippen LogP contribution in [0.25, 0.3) is 0 Å². The van der Waals surface area contributed by atoms with Crippen molar-refractivity contribution < 1.29 is 29.6 Å². The van der Waals surface area contributed by atoms with Crippen LogP contribution in [0.5, 0.6) is 0 Å². The minimum atomic E-state index is -1.56. The maximum absolute atomic E-state index is 12.8. The van der Waals surface area contributed by atoms with Gasteiger partial charge in [0.1, 0.15) is 23.1 Å². The zero-order chi connectivity index (χ0) is 23.7. The Hall–Kier alpha value is -1.50. The molecule has 0 bridgehead atoms. The number of ketones is 1. The molecule has 3 N–H and O–H groups in total. The molecule has 32 heavy (non-hydrogen) atoms. The Bertz CT molecular complexity index is 891. The summed E-state index contributed by atoms with van der Waals surface area (Å²) in [6.45, 7) is 8.93. The van der Waals surface area contributed by atoms with Gasteiger partial charge in [-0.25, -0.2) is 4.79 Å². The summed E-state index contributed by atoms with van der Waals surface area (Å²) in [5.41, 5.74) is -2.87. The number of Topliss-reactive ketones (excluding diaryl/α,β-unsaturated/α-hetero) is 1. The third-order valence-corrected chi connectivity index (χ3v) is 9.93. The molecule has 6 nitrogen and oxygen atoms in total. The molecule has 0 aromatic rings. The smallest absolute Gasteiger partial charge is 0.333 e. The lowest BCUT2D eigenvalue weighted by Gasteiger charge is -2.66. The average molecular weight is 447 g/mol. The number of fused-ring (bicyclic) bond motifs is 5. The first kappa shape index (κ1) is 23.7. The topological polar surface area (TPSA) is 104 Å². The maximum atomic E-state index is 12.8. The highest BCUT2D eigenvalue weighted by Crippen LogP contribution is 2.70. The van der Waals surface area contributed by atoms with Gasteiger partial charge in [0.05, 0.1) is 6.10 Å². The van der Waals surface area contributed by atoms with Gasteiger partial charge in [-0.05, 0) is 71.1 Å². The standard InChI is InChI=1S/C26H38O6/c1-6-15(2)22(29)32-21-14-20-23(4)10-8-18(28)13-17(23)7-11-25(20,30)26(31)12-9-19(16(3)27)24(21,26)5/h6-7,18-21,28,30-31H,8-14H2,1-5H3/b15-6+/t18-,19+,20+,21+,23-,24-,25-,26+/m0/s1. The van der Waals surface area contributed by atoms with Gasteiger partial charge in [0, 0.05) is 22.8 Å². The van der Waals surface area contributed by atoms with Gasteiger partial charge in [0.2, 0.25) is 0 Å². The average Bonchev–Trinajstić information content (AvgIpc) is 3.03. The predicted molar refractivity (Wildman–Crippen MR) is 119 cm³/mol. The number of aliphatic hydroxyl groups is 3. The molecular weight excluding hydrogens is 408 g/mol. The number of allylic oxidation sites excluding steroid dienone is 1. The minimum Gasteiger partial charge on any atom is -0.458 e. The Morgan fingerprint density at radius 3 is 2.47 bits per heavy atom. The van der Waals surface area contributed by atoms with Crippen LogP contribution in [0.4, 0.5) is 0 Å². The normalized spacial score (nSPS) is 48.2. The van der Waals surface area contributed by atoms with Gasteiger partial charge in [-0.2, -0.15) is 0 Å². The fraction of sp³-hybridized carbons (Fsp3) is 0.769. The summed E-state index contributed by atoms with van der Waals surface area (Å²) in [5, 5.41) is 34.8. The van der Waals surface area contributed by atoms with Crippen molar-refractivity contribution in [2.75, 3.05) is 0 Å². The largest absolute Gasteiger partial charge is 0.458 e. The second-order valence-electron chi connectivity index (χ2n) is 11.2. The van der Waals surface area contributed by atoms with Crippen molar-refractivity contribution in [3.05, 3.63) is 23.3 Å². The van der Waals surface area contributed by atoms with E-state index in [1.54, 1.807) is 19.9 Å². The quantitative estimate of drug-likeness (QED) is 0.349. The number of hydrogen-bond donors (Lipinski definition) is 3. The number of aliphatic hydroxyl groups excluding tert-OH is 1. The highest BCUT2D eigenvalue weighted by Gasteiger charge is 2.77. The summed E-state index contributed by atoms with van der Waals surface area (Å²) >= 11 is 0. The van der Waals surface area contributed by atoms with Crippen LogP contribution in [0.1, 0.15) is 79.6 Å². The van der Waals surface area contributed by atoms with Crippen LogP contribution in [0.15, 0.2) is 23.3 Å². The highest BCUT2D eigenvalue weighted by atomic mass is 16.5. The number of carbonyl (C=O) groups excluding carboxylic acids is 2. The summed E-state index contributed by atoms with van der Waals surface area (Å²) in [6.07, 6.45) is 5.92. The van der Waals surface area contributed by atoms with Crippen molar-refractivity contribution in [2.45, 2.75) is 103 Å². The van der Waals surface area contributed by atoms with Crippen LogP contribution in [0.3, 0.4) is 0 Å². The number of carbonyl (C=O) groups is 2. The van der Waals surface area contributed by atoms with Crippen molar-refractivity contribution in [3.63, 3.8) is 0 Å². The van der Waals surface area contributed by atoms with Crippen molar-refractivity contribution in [1.82, 2.24) is 0 Å². The molecule has 8 atom stereocenters. The van der Waals surface area contributed by atoms with Gasteiger partial charge in [-0.3, -0.25) is 4.79 Å². The number of hydrogen-bond acceptors (Lipinski definition) is 6. The predicted octanol–water partition coefficient (Wildman–Crippen LogP) is 3.23. The Morgan fingerprint density at radius 1 is 1.16 bits per heavy atom. The molecule has 178 valence electrons. The lowest BCUT2D eigenvalue weighted by molar-refractivity contribution is -0.299. The van der Waals surface area contributed by atoms with Crippen LogP contribution < -0.4 is 0 Å². The van der Waals surface area contributed by atoms with E-state index >= 15 is 0 Å². The summed E-state index contributed by atoms with van der Waals surface area (Å²) < 4.78 is 6.05. The molecular formula is C26H38O6. The molecule has 0 saturated heterocycles. The van der Waals surface area contributed by atoms with E-state index in [2.05, 4.69) is 6.92 Å². The van der Waals surface area contributed by atoms with Crippen molar-refractivity contribution in [1.29, 1.82) is 0 Å². The maximum Gasteiger partial charge on any atom is 0.333 e. The SMILES string of the molecule is C/C=C(\C)C(=O)O[C@@H]1C[C@@H]2[C@@]3(C)CC[C@H](O)CC3=CC[C@@]2(O)[C@@]2(O)CC[C@H](C(C)=O)[C@@]12C. The molecule has 0 aliphatic heterocycles. The number of esters is 1. The third-order valence-electron chi connectivity index (χ3n) is 9.93. The van der Waals surface area contributed by atoms with Gasteiger partial charge in [-0.15, -0.1) is 0 Å². The van der Waals surface area contributed by atoms with Crippen molar-refractivity contribution in [3.8, 4) is 0 Å². The molecule has 6 heteroatoms. The Morgan fingerprint density at radius 2 is 1.84 bits per heavy atom. The van der Waals surface area contributed by atoms with E-state index in [-0.39, 0.29) is 18.1 Å². The van der Waals surface area contributed by atoms with Gasteiger partial charge in [0.15, 0.2) is 0 Å². The van der Waals surface area contributed by atoms with Crippen molar-refractivity contribution >= 4 is 11.8 Å². The van der Waals surface area contributed by atoms with E-state index in [9.17, 15) is 24.9 Å². The third kappa shape index (κ3) is 2.88. The monoisotopic (exact) mass is 446 g/mol. The molecule has 4 aliphatic rings. The van der Waals surface area contributed by atoms with Crippen LogP contribution in [0, 0.1) is 22.7 Å². The van der Waals surface area contributed by atoms with Crippen LogP contribution in [-0.2, 0) is 14.3 Å². The summed E-state index contributed by atoms with van der Waals surface area (Å²) in [5.74, 6) is -1.33. The van der Waals surface area contributed by atoms with Gasteiger partial charge in [0.25, 0.3) is 0 Å².